The molecule has 2 aliphatic heterocycles. The largest absolute Gasteiger partial charge is 0.349 e. The molecule has 2 nitrogen and oxygen atoms in total. The Hall–Kier alpha value is -0.0800. The molecule has 2 heterocycles. The summed E-state index contributed by atoms with van der Waals surface area (Å²) in [4.78, 5) is 0. The monoisotopic (exact) mass is 278 g/mol. The lowest BCUT2D eigenvalue weighted by Gasteiger charge is -2.53. The molecular formula is C18H30O2. The lowest BCUT2D eigenvalue weighted by Crippen LogP contribution is -2.54. The standard InChI is InChI=1S/C18H30O2/c1-11-9-10-13-5-4-8-15-12(2)17(14-6-3-7-14)20-18(19-11)16(13)15/h11-18H,3-10H2,1-2H3/t11?,12-,13?,15+,16?,17?,18+/m1/s1. The van der Waals surface area contributed by atoms with Gasteiger partial charge in [0.05, 0.1) is 12.2 Å². The molecule has 0 aromatic heterocycles. The summed E-state index contributed by atoms with van der Waals surface area (Å²) >= 11 is 0. The Balaban J connectivity index is 1.60. The van der Waals surface area contributed by atoms with E-state index in [0.29, 0.717) is 18.1 Å². The van der Waals surface area contributed by atoms with Crippen molar-refractivity contribution >= 4 is 0 Å². The van der Waals surface area contributed by atoms with Crippen molar-refractivity contribution in [2.45, 2.75) is 83.7 Å². The molecule has 4 aliphatic rings. The summed E-state index contributed by atoms with van der Waals surface area (Å²) in [7, 11) is 0. The first kappa shape index (κ1) is 13.6. The van der Waals surface area contributed by atoms with Gasteiger partial charge in [-0.25, -0.2) is 0 Å². The van der Waals surface area contributed by atoms with Crippen molar-refractivity contribution in [1.82, 2.24) is 0 Å². The number of rotatable bonds is 1. The Morgan fingerprint density at radius 1 is 0.750 bits per heavy atom. The van der Waals surface area contributed by atoms with Crippen LogP contribution in [0.4, 0.5) is 0 Å². The smallest absolute Gasteiger partial charge is 0.161 e. The predicted octanol–water partition coefficient (Wildman–Crippen LogP) is 4.38. The summed E-state index contributed by atoms with van der Waals surface area (Å²) in [6.07, 6.45) is 12.0. The molecule has 0 N–H and O–H groups in total. The van der Waals surface area contributed by atoms with Crippen LogP contribution in [0.2, 0.25) is 0 Å². The van der Waals surface area contributed by atoms with Crippen LogP contribution in [-0.2, 0) is 9.47 Å². The van der Waals surface area contributed by atoms with Gasteiger partial charge in [-0.1, -0.05) is 19.8 Å². The van der Waals surface area contributed by atoms with Crippen molar-refractivity contribution in [3.05, 3.63) is 0 Å². The molecule has 0 amide bonds. The Bertz CT molecular complexity index is 351. The van der Waals surface area contributed by atoms with Gasteiger partial charge in [-0.15, -0.1) is 0 Å². The molecule has 2 heteroatoms. The fourth-order valence-electron chi connectivity index (χ4n) is 5.51. The summed E-state index contributed by atoms with van der Waals surface area (Å²) in [6.45, 7) is 4.71. The fourth-order valence-corrected chi connectivity index (χ4v) is 5.51. The average Bonchev–Trinajstić information content (AvgIpc) is 2.54. The van der Waals surface area contributed by atoms with Crippen molar-refractivity contribution < 1.29 is 9.47 Å². The van der Waals surface area contributed by atoms with Crippen molar-refractivity contribution in [2.75, 3.05) is 0 Å². The van der Waals surface area contributed by atoms with E-state index >= 15 is 0 Å². The maximum Gasteiger partial charge on any atom is 0.161 e. The van der Waals surface area contributed by atoms with E-state index in [9.17, 15) is 0 Å². The van der Waals surface area contributed by atoms with Crippen LogP contribution in [0.5, 0.6) is 0 Å². The third-order valence-corrected chi connectivity index (χ3v) is 6.88. The normalized spacial score (nSPS) is 52.8. The Kier molecular flexibility index (Phi) is 3.58. The van der Waals surface area contributed by atoms with Crippen LogP contribution in [0, 0.1) is 29.6 Å². The summed E-state index contributed by atoms with van der Waals surface area (Å²) in [5.74, 6) is 4.01. The molecule has 0 radical (unpaired) electrons. The van der Waals surface area contributed by atoms with E-state index in [2.05, 4.69) is 13.8 Å². The Morgan fingerprint density at radius 2 is 1.50 bits per heavy atom. The quantitative estimate of drug-likeness (QED) is 0.708. The minimum Gasteiger partial charge on any atom is -0.349 e. The highest BCUT2D eigenvalue weighted by Crippen LogP contribution is 2.52. The molecule has 7 atom stereocenters. The minimum absolute atomic E-state index is 0.115. The van der Waals surface area contributed by atoms with Gasteiger partial charge < -0.3 is 9.47 Å². The van der Waals surface area contributed by atoms with Crippen molar-refractivity contribution in [2.24, 2.45) is 29.6 Å². The van der Waals surface area contributed by atoms with Gasteiger partial charge in [-0.3, -0.25) is 0 Å². The van der Waals surface area contributed by atoms with E-state index in [0.717, 1.165) is 23.7 Å². The Labute approximate surface area is 123 Å². The first-order valence-corrected chi connectivity index (χ1v) is 9.05. The maximum atomic E-state index is 6.57. The maximum absolute atomic E-state index is 6.57. The summed E-state index contributed by atoms with van der Waals surface area (Å²) in [5.41, 5.74) is 0. The van der Waals surface area contributed by atoms with Crippen molar-refractivity contribution in [3.63, 3.8) is 0 Å². The van der Waals surface area contributed by atoms with E-state index in [1.54, 1.807) is 0 Å². The first-order chi connectivity index (χ1) is 9.74. The highest BCUT2D eigenvalue weighted by molar-refractivity contribution is 4.97. The van der Waals surface area contributed by atoms with Crippen LogP contribution < -0.4 is 0 Å². The molecular weight excluding hydrogens is 248 g/mol. The van der Waals surface area contributed by atoms with Crippen LogP contribution in [0.15, 0.2) is 0 Å². The molecule has 4 unspecified atom stereocenters. The molecule has 2 saturated heterocycles. The van der Waals surface area contributed by atoms with Crippen LogP contribution in [0.25, 0.3) is 0 Å². The van der Waals surface area contributed by atoms with E-state index < -0.39 is 0 Å². The van der Waals surface area contributed by atoms with Gasteiger partial charge in [0.1, 0.15) is 0 Å². The van der Waals surface area contributed by atoms with Gasteiger partial charge >= 0.3 is 0 Å². The molecule has 4 fully saturated rings. The first-order valence-electron chi connectivity index (χ1n) is 9.05. The van der Waals surface area contributed by atoms with Crippen LogP contribution in [-0.4, -0.2) is 18.5 Å². The van der Waals surface area contributed by atoms with Crippen molar-refractivity contribution in [1.29, 1.82) is 0 Å². The molecule has 4 rings (SSSR count). The SMILES string of the molecule is CC1CCC2CCC[C@@H]3C2[C@@H](O1)OC(C1CCC1)[C@@H]3C. The second-order valence-electron chi connectivity index (χ2n) is 7.98. The topological polar surface area (TPSA) is 18.5 Å². The fraction of sp³-hybridized carbons (Fsp3) is 1.00. The molecule has 0 bridgehead atoms. The van der Waals surface area contributed by atoms with Gasteiger partial charge in [0.25, 0.3) is 0 Å². The molecule has 0 aromatic carbocycles. The van der Waals surface area contributed by atoms with E-state index in [1.807, 2.05) is 0 Å². The second-order valence-corrected chi connectivity index (χ2v) is 7.98. The minimum atomic E-state index is 0.115. The van der Waals surface area contributed by atoms with E-state index in [-0.39, 0.29) is 6.29 Å². The molecule has 0 aromatic rings. The second kappa shape index (κ2) is 5.28. The zero-order valence-electron chi connectivity index (χ0n) is 13.1. The Morgan fingerprint density at radius 3 is 2.25 bits per heavy atom. The van der Waals surface area contributed by atoms with Crippen LogP contribution in [0.3, 0.4) is 0 Å². The van der Waals surface area contributed by atoms with Crippen LogP contribution >= 0.6 is 0 Å². The van der Waals surface area contributed by atoms with Gasteiger partial charge in [0.2, 0.25) is 0 Å². The molecule has 2 aliphatic carbocycles. The predicted molar refractivity (Wildman–Crippen MR) is 79.3 cm³/mol. The highest BCUT2D eigenvalue weighted by Gasteiger charge is 2.52. The van der Waals surface area contributed by atoms with Gasteiger partial charge in [0, 0.05) is 5.92 Å². The van der Waals surface area contributed by atoms with Gasteiger partial charge in [0.15, 0.2) is 6.29 Å². The summed E-state index contributed by atoms with van der Waals surface area (Å²) in [6, 6.07) is 0. The molecule has 20 heavy (non-hydrogen) atoms. The number of ether oxygens (including phenoxy) is 2. The van der Waals surface area contributed by atoms with Gasteiger partial charge in [-0.2, -0.15) is 0 Å². The van der Waals surface area contributed by atoms with Crippen molar-refractivity contribution in [3.8, 4) is 0 Å². The van der Waals surface area contributed by atoms with Crippen LogP contribution in [0.1, 0.15) is 65.2 Å². The molecule has 2 saturated carbocycles. The summed E-state index contributed by atoms with van der Waals surface area (Å²) in [5, 5.41) is 0. The molecule has 114 valence electrons. The number of hydrogen-bond acceptors (Lipinski definition) is 2. The highest BCUT2D eigenvalue weighted by atomic mass is 16.7. The van der Waals surface area contributed by atoms with Gasteiger partial charge in [-0.05, 0) is 69.1 Å². The third-order valence-electron chi connectivity index (χ3n) is 6.88. The number of hydrogen-bond donors (Lipinski definition) is 0. The lowest BCUT2D eigenvalue weighted by atomic mass is 9.61. The third kappa shape index (κ3) is 2.14. The zero-order valence-corrected chi connectivity index (χ0v) is 13.1. The molecule has 0 spiro atoms. The summed E-state index contributed by atoms with van der Waals surface area (Å²) < 4.78 is 12.9. The zero-order chi connectivity index (χ0) is 13.7. The lowest BCUT2D eigenvalue weighted by molar-refractivity contribution is -0.287. The van der Waals surface area contributed by atoms with E-state index in [4.69, 9.17) is 9.47 Å². The van der Waals surface area contributed by atoms with E-state index in [1.165, 1.54) is 51.4 Å². The average molecular weight is 278 g/mol.